The first-order valence-corrected chi connectivity index (χ1v) is 2.68. The van der Waals surface area contributed by atoms with Crippen LogP contribution < -0.4 is 29.6 Å². The van der Waals surface area contributed by atoms with Crippen LogP contribution in [-0.4, -0.2) is 20.2 Å². The van der Waals surface area contributed by atoms with Crippen molar-refractivity contribution in [1.82, 2.24) is 20.2 Å². The molecule has 1 aromatic rings. The molecule has 4 nitrogen and oxygen atoms in total. The number of hydrogen-bond donors (Lipinski definition) is 0. The molecule has 0 bridgehead atoms. The summed E-state index contributed by atoms with van der Waals surface area (Å²) in [7, 11) is 0. The van der Waals surface area contributed by atoms with Crippen molar-refractivity contribution in [2.45, 2.75) is 18.6 Å². The van der Waals surface area contributed by atoms with Gasteiger partial charge in [-0.3, -0.25) is 4.68 Å². The van der Waals surface area contributed by atoms with Crippen molar-refractivity contribution in [3.63, 3.8) is 0 Å². The van der Waals surface area contributed by atoms with Gasteiger partial charge in [0.25, 0.3) is 0 Å². The second-order valence-corrected chi connectivity index (χ2v) is 1.64. The zero-order chi connectivity index (χ0) is 5.98. The first kappa shape index (κ1) is 9.29. The molecule has 0 aliphatic carbocycles. The molecule has 0 fully saturated rings. The Hall–Kier alpha value is 0.290. The molecular weight excluding hydrogens is 147 g/mol. The predicted octanol–water partition coefficient (Wildman–Crippen LogP) is -3.40. The molecule has 0 unspecified atom stereocenters. The molecule has 1 rings (SSSR count). The molecule has 1 heterocycles. The Morgan fingerprint density at radius 3 is 2.56 bits per heavy atom. The third kappa shape index (κ3) is 2.17. The molecule has 9 heavy (non-hydrogen) atoms. The summed E-state index contributed by atoms with van der Waals surface area (Å²) in [5.41, 5.74) is 0. The van der Waals surface area contributed by atoms with Crippen molar-refractivity contribution < 1.29 is 29.6 Å². The van der Waals surface area contributed by atoms with E-state index in [1.807, 2.05) is 6.92 Å². The molecular formula is C3H5N4NaS. The Kier molecular flexibility index (Phi) is 4.29. The van der Waals surface area contributed by atoms with Crippen molar-refractivity contribution in [2.24, 2.45) is 0 Å². The fourth-order valence-electron chi connectivity index (χ4n) is 0.395. The van der Waals surface area contributed by atoms with E-state index < -0.39 is 0 Å². The van der Waals surface area contributed by atoms with Crippen LogP contribution in [0.1, 0.15) is 6.92 Å². The Morgan fingerprint density at radius 2 is 2.33 bits per heavy atom. The van der Waals surface area contributed by atoms with Crippen LogP contribution in [0.3, 0.4) is 0 Å². The smallest absolute Gasteiger partial charge is 0.739 e. The summed E-state index contributed by atoms with van der Waals surface area (Å²) in [6, 6.07) is 0. The maximum atomic E-state index is 4.71. The summed E-state index contributed by atoms with van der Waals surface area (Å²) in [6.07, 6.45) is 0. The second-order valence-electron chi connectivity index (χ2n) is 1.28. The normalized spacial score (nSPS) is 8.56. The van der Waals surface area contributed by atoms with Gasteiger partial charge in [0, 0.05) is 11.7 Å². The number of tetrazole rings is 1. The molecule has 0 saturated carbocycles. The fraction of sp³-hybridized carbons (Fsp3) is 0.667. The van der Waals surface area contributed by atoms with Crippen molar-refractivity contribution in [1.29, 1.82) is 0 Å². The van der Waals surface area contributed by atoms with Gasteiger partial charge in [-0.05, 0) is 17.4 Å². The van der Waals surface area contributed by atoms with Crippen LogP contribution in [0.15, 0.2) is 5.16 Å². The van der Waals surface area contributed by atoms with Crippen molar-refractivity contribution in [2.75, 3.05) is 0 Å². The van der Waals surface area contributed by atoms with E-state index in [9.17, 15) is 0 Å². The van der Waals surface area contributed by atoms with E-state index in [0.717, 1.165) is 6.54 Å². The maximum Gasteiger partial charge on any atom is 1.00 e. The summed E-state index contributed by atoms with van der Waals surface area (Å²) >= 11 is 4.71. The van der Waals surface area contributed by atoms with E-state index in [4.69, 9.17) is 12.6 Å². The predicted molar refractivity (Wildman–Crippen MR) is 29.1 cm³/mol. The third-order valence-electron chi connectivity index (χ3n) is 0.799. The molecule has 6 heteroatoms. The number of rotatable bonds is 1. The first-order chi connectivity index (χ1) is 3.84. The molecule has 0 aromatic carbocycles. The quantitative estimate of drug-likeness (QED) is 0.311. The van der Waals surface area contributed by atoms with E-state index >= 15 is 0 Å². The maximum absolute atomic E-state index is 4.71. The molecule has 0 aliphatic heterocycles. The van der Waals surface area contributed by atoms with Crippen molar-refractivity contribution in [3.05, 3.63) is 0 Å². The summed E-state index contributed by atoms with van der Waals surface area (Å²) < 4.78 is 1.55. The van der Waals surface area contributed by atoms with Crippen LogP contribution in [-0.2, 0) is 19.2 Å². The Balaban J connectivity index is 0.000000640. The largest absolute Gasteiger partial charge is 1.00 e. The van der Waals surface area contributed by atoms with Gasteiger partial charge >= 0.3 is 29.6 Å². The third-order valence-corrected chi connectivity index (χ3v) is 1.09. The van der Waals surface area contributed by atoms with Crippen LogP contribution >= 0.6 is 0 Å². The van der Waals surface area contributed by atoms with E-state index in [2.05, 4.69) is 15.5 Å². The van der Waals surface area contributed by atoms with Gasteiger partial charge < -0.3 is 12.6 Å². The van der Waals surface area contributed by atoms with Crippen LogP contribution in [0, 0.1) is 0 Å². The van der Waals surface area contributed by atoms with Crippen molar-refractivity contribution >= 4 is 12.6 Å². The monoisotopic (exact) mass is 152 g/mol. The summed E-state index contributed by atoms with van der Waals surface area (Å²) in [6.45, 7) is 2.68. The van der Waals surface area contributed by atoms with Gasteiger partial charge in [0.15, 0.2) is 0 Å². The molecule has 1 aromatic heterocycles. The first-order valence-electron chi connectivity index (χ1n) is 2.27. The zero-order valence-electron chi connectivity index (χ0n) is 5.40. The number of nitrogens with zero attached hydrogens (tertiary/aromatic N) is 4. The van der Waals surface area contributed by atoms with Gasteiger partial charge in [-0.15, -0.1) is 5.10 Å². The summed E-state index contributed by atoms with van der Waals surface area (Å²) in [5, 5.41) is 10.9. The minimum absolute atomic E-state index is 0. The van der Waals surface area contributed by atoms with Crippen LogP contribution in [0.5, 0.6) is 0 Å². The van der Waals surface area contributed by atoms with E-state index in [0.29, 0.717) is 5.16 Å². The molecule has 0 radical (unpaired) electrons. The van der Waals surface area contributed by atoms with Gasteiger partial charge in [0.2, 0.25) is 0 Å². The van der Waals surface area contributed by atoms with Gasteiger partial charge in [-0.1, -0.05) is 0 Å². The van der Waals surface area contributed by atoms with E-state index in [1.54, 1.807) is 4.68 Å². The SMILES string of the molecule is CCn1nnnc1[S-].[Na+]. The van der Waals surface area contributed by atoms with Gasteiger partial charge in [0.1, 0.15) is 0 Å². The topological polar surface area (TPSA) is 43.6 Å². The molecule has 0 atom stereocenters. The van der Waals surface area contributed by atoms with Gasteiger partial charge in [-0.2, -0.15) is 0 Å². The average molecular weight is 152 g/mol. The fourth-order valence-corrected chi connectivity index (χ4v) is 0.597. The molecule has 0 N–H and O–H groups in total. The van der Waals surface area contributed by atoms with E-state index in [-0.39, 0.29) is 29.6 Å². The zero-order valence-corrected chi connectivity index (χ0v) is 8.22. The van der Waals surface area contributed by atoms with Crippen LogP contribution in [0.2, 0.25) is 0 Å². The van der Waals surface area contributed by atoms with Crippen LogP contribution in [0.25, 0.3) is 0 Å². The summed E-state index contributed by atoms with van der Waals surface area (Å²) in [4.78, 5) is 0. The number of aryl methyl sites for hydroxylation is 1. The molecule has 0 saturated heterocycles. The van der Waals surface area contributed by atoms with Gasteiger partial charge in [-0.25, -0.2) is 0 Å². The minimum Gasteiger partial charge on any atom is -0.739 e. The average Bonchev–Trinajstić information content (AvgIpc) is 2.14. The van der Waals surface area contributed by atoms with E-state index in [1.165, 1.54) is 0 Å². The molecule has 0 spiro atoms. The Morgan fingerprint density at radius 1 is 1.67 bits per heavy atom. The summed E-state index contributed by atoms with van der Waals surface area (Å²) in [5.74, 6) is 0. The second kappa shape index (κ2) is 4.16. The Bertz CT molecular complexity index is 176. The van der Waals surface area contributed by atoms with Crippen LogP contribution in [0.4, 0.5) is 0 Å². The standard InChI is InChI=1S/C3H6N4S.Na/c1-2-7-3(8)4-5-6-7;/h2H2,1H3,(H,4,6,8);/q;+1/p-1. The number of aromatic nitrogens is 4. The minimum atomic E-state index is 0. The van der Waals surface area contributed by atoms with Crippen molar-refractivity contribution in [3.8, 4) is 0 Å². The number of hydrogen-bond acceptors (Lipinski definition) is 4. The molecule has 0 amide bonds. The molecule has 0 aliphatic rings. The molecule has 44 valence electrons. The Labute approximate surface area is 80.7 Å². The van der Waals surface area contributed by atoms with Gasteiger partial charge in [0.05, 0.1) is 0 Å².